The Balaban J connectivity index is 1.95. The third-order valence-corrected chi connectivity index (χ3v) is 1.93. The molecule has 0 spiro atoms. The van der Waals surface area contributed by atoms with Crippen LogP contribution in [0, 0.1) is 0 Å². The molecular formula is C8H11N3. The second-order valence-electron chi connectivity index (χ2n) is 2.79. The van der Waals surface area contributed by atoms with Crippen LogP contribution in [0.3, 0.4) is 0 Å². The average molecular weight is 149 g/mol. The zero-order valence-corrected chi connectivity index (χ0v) is 6.40. The van der Waals surface area contributed by atoms with Crippen molar-refractivity contribution in [2.24, 2.45) is 0 Å². The van der Waals surface area contributed by atoms with Crippen molar-refractivity contribution in [1.29, 1.82) is 0 Å². The summed E-state index contributed by atoms with van der Waals surface area (Å²) < 4.78 is 0. The van der Waals surface area contributed by atoms with E-state index in [1.807, 2.05) is 6.07 Å². The first kappa shape index (κ1) is 6.73. The number of nitrogens with zero attached hydrogens (tertiary/aromatic N) is 3. The van der Waals surface area contributed by atoms with Crippen LogP contribution in [0.2, 0.25) is 0 Å². The second kappa shape index (κ2) is 2.96. The lowest BCUT2D eigenvalue weighted by atomic mass is 10.2. The molecule has 1 fully saturated rings. The van der Waals surface area contributed by atoms with Crippen LogP contribution in [0.1, 0.15) is 12.2 Å². The van der Waals surface area contributed by atoms with Crippen LogP contribution in [0.15, 0.2) is 18.5 Å². The summed E-state index contributed by atoms with van der Waals surface area (Å²) in [7, 11) is 0. The largest absolute Gasteiger partial charge is 0.296 e. The van der Waals surface area contributed by atoms with E-state index in [0.717, 1.165) is 12.4 Å². The molecule has 3 nitrogen and oxygen atoms in total. The highest BCUT2D eigenvalue weighted by molar-refractivity contribution is 4.89. The fraction of sp³-hybridized carbons (Fsp3) is 0.500. The van der Waals surface area contributed by atoms with Crippen LogP contribution >= 0.6 is 0 Å². The normalized spacial score (nSPS) is 17.8. The predicted octanol–water partition coefficient (Wildman–Crippen LogP) is 0.682. The van der Waals surface area contributed by atoms with Gasteiger partial charge in [-0.05, 0) is 25.6 Å². The van der Waals surface area contributed by atoms with Gasteiger partial charge in [0.1, 0.15) is 5.82 Å². The minimum absolute atomic E-state index is 0.918. The topological polar surface area (TPSA) is 29.0 Å². The highest BCUT2D eigenvalue weighted by Crippen LogP contribution is 2.08. The van der Waals surface area contributed by atoms with Crippen LogP contribution in [0.25, 0.3) is 0 Å². The van der Waals surface area contributed by atoms with E-state index in [2.05, 4.69) is 14.9 Å². The van der Waals surface area contributed by atoms with Crippen molar-refractivity contribution in [3.63, 3.8) is 0 Å². The van der Waals surface area contributed by atoms with Gasteiger partial charge in [-0.2, -0.15) is 0 Å². The summed E-state index contributed by atoms with van der Waals surface area (Å²) >= 11 is 0. The molecule has 0 N–H and O–H groups in total. The van der Waals surface area contributed by atoms with Gasteiger partial charge < -0.3 is 0 Å². The molecular weight excluding hydrogens is 138 g/mol. The van der Waals surface area contributed by atoms with Gasteiger partial charge in [-0.1, -0.05) is 0 Å². The van der Waals surface area contributed by atoms with Crippen LogP contribution in [0.4, 0.5) is 0 Å². The summed E-state index contributed by atoms with van der Waals surface area (Å²) in [6, 6.07) is 1.85. The summed E-state index contributed by atoms with van der Waals surface area (Å²) in [6.07, 6.45) is 4.91. The van der Waals surface area contributed by atoms with Gasteiger partial charge in [0.25, 0.3) is 0 Å². The summed E-state index contributed by atoms with van der Waals surface area (Å²) in [5.74, 6) is 0.937. The van der Waals surface area contributed by atoms with E-state index in [-0.39, 0.29) is 0 Å². The van der Waals surface area contributed by atoms with Gasteiger partial charge in [0.15, 0.2) is 0 Å². The van der Waals surface area contributed by atoms with Crippen molar-refractivity contribution >= 4 is 0 Å². The van der Waals surface area contributed by atoms with Gasteiger partial charge in [-0.15, -0.1) is 0 Å². The molecule has 1 aromatic rings. The molecule has 1 aliphatic rings. The molecule has 0 bridgehead atoms. The molecule has 1 aliphatic heterocycles. The number of likely N-dealkylation sites (tertiary alicyclic amines) is 1. The predicted molar refractivity (Wildman–Crippen MR) is 41.9 cm³/mol. The van der Waals surface area contributed by atoms with Gasteiger partial charge in [0, 0.05) is 12.4 Å². The van der Waals surface area contributed by atoms with E-state index in [1.165, 1.54) is 19.5 Å². The first-order valence-electron chi connectivity index (χ1n) is 3.93. The van der Waals surface area contributed by atoms with E-state index in [1.54, 1.807) is 12.4 Å². The molecule has 2 rings (SSSR count). The van der Waals surface area contributed by atoms with Crippen molar-refractivity contribution in [2.45, 2.75) is 13.0 Å². The van der Waals surface area contributed by atoms with Crippen molar-refractivity contribution in [1.82, 2.24) is 14.9 Å². The van der Waals surface area contributed by atoms with Crippen LogP contribution in [-0.4, -0.2) is 28.0 Å². The lowest BCUT2D eigenvalue weighted by Crippen LogP contribution is -2.36. The maximum absolute atomic E-state index is 4.15. The molecule has 0 amide bonds. The lowest BCUT2D eigenvalue weighted by Gasteiger charge is -2.29. The number of hydrogen-bond acceptors (Lipinski definition) is 3. The molecule has 0 aromatic carbocycles. The lowest BCUT2D eigenvalue weighted by molar-refractivity contribution is 0.168. The third-order valence-electron chi connectivity index (χ3n) is 1.93. The van der Waals surface area contributed by atoms with Crippen LogP contribution in [-0.2, 0) is 6.54 Å². The molecule has 58 valence electrons. The molecule has 0 atom stereocenters. The Bertz CT molecular complexity index is 218. The highest BCUT2D eigenvalue weighted by Gasteiger charge is 2.14. The fourth-order valence-electron chi connectivity index (χ4n) is 1.15. The molecule has 1 aromatic heterocycles. The fourth-order valence-corrected chi connectivity index (χ4v) is 1.15. The third kappa shape index (κ3) is 1.54. The highest BCUT2D eigenvalue weighted by atomic mass is 15.2. The Labute approximate surface area is 66.1 Å². The molecule has 0 saturated carbocycles. The molecule has 3 heteroatoms. The summed E-state index contributed by atoms with van der Waals surface area (Å²) in [5.41, 5.74) is 0. The Kier molecular flexibility index (Phi) is 1.81. The van der Waals surface area contributed by atoms with Gasteiger partial charge in [-0.25, -0.2) is 9.97 Å². The number of hydrogen-bond donors (Lipinski definition) is 0. The summed E-state index contributed by atoms with van der Waals surface area (Å²) in [5, 5.41) is 0. The van der Waals surface area contributed by atoms with Crippen molar-refractivity contribution < 1.29 is 0 Å². The molecule has 0 aliphatic carbocycles. The maximum Gasteiger partial charge on any atom is 0.142 e. The van der Waals surface area contributed by atoms with Gasteiger partial charge in [-0.3, -0.25) is 4.90 Å². The van der Waals surface area contributed by atoms with E-state index in [9.17, 15) is 0 Å². The zero-order chi connectivity index (χ0) is 7.52. The summed E-state index contributed by atoms with van der Waals surface area (Å²) in [6.45, 7) is 3.33. The number of aromatic nitrogens is 2. The van der Waals surface area contributed by atoms with E-state index in [4.69, 9.17) is 0 Å². The Morgan fingerprint density at radius 2 is 2.00 bits per heavy atom. The first-order chi connectivity index (χ1) is 5.45. The quantitative estimate of drug-likeness (QED) is 0.619. The number of rotatable bonds is 2. The smallest absolute Gasteiger partial charge is 0.142 e. The first-order valence-corrected chi connectivity index (χ1v) is 3.93. The van der Waals surface area contributed by atoms with Crippen molar-refractivity contribution in [3.8, 4) is 0 Å². The monoisotopic (exact) mass is 149 g/mol. The maximum atomic E-state index is 4.15. The van der Waals surface area contributed by atoms with Gasteiger partial charge in [0.2, 0.25) is 0 Å². The van der Waals surface area contributed by atoms with E-state index < -0.39 is 0 Å². The van der Waals surface area contributed by atoms with Crippen molar-refractivity contribution in [2.75, 3.05) is 13.1 Å². The minimum Gasteiger partial charge on any atom is -0.296 e. The zero-order valence-electron chi connectivity index (χ0n) is 6.40. The van der Waals surface area contributed by atoms with Gasteiger partial charge >= 0.3 is 0 Å². The van der Waals surface area contributed by atoms with E-state index in [0.29, 0.717) is 0 Å². The molecule has 1 saturated heterocycles. The van der Waals surface area contributed by atoms with Crippen molar-refractivity contribution in [3.05, 3.63) is 24.3 Å². The standard InChI is InChI=1S/C8H11N3/c1-3-9-8(10-4-1)7-11-5-2-6-11/h1,3-4H,2,5-7H2. The minimum atomic E-state index is 0.918. The van der Waals surface area contributed by atoms with Crippen LogP contribution in [0.5, 0.6) is 0 Å². The van der Waals surface area contributed by atoms with Crippen LogP contribution < -0.4 is 0 Å². The van der Waals surface area contributed by atoms with Gasteiger partial charge in [0.05, 0.1) is 6.54 Å². The van der Waals surface area contributed by atoms with E-state index >= 15 is 0 Å². The Hall–Kier alpha value is -0.960. The SMILES string of the molecule is c1cnc(CN2CCC2)nc1. The summed E-state index contributed by atoms with van der Waals surface area (Å²) in [4.78, 5) is 10.6. The second-order valence-corrected chi connectivity index (χ2v) is 2.79. The molecule has 0 radical (unpaired) electrons. The Morgan fingerprint density at radius 1 is 1.27 bits per heavy atom. The average Bonchev–Trinajstić information content (AvgIpc) is 1.99. The molecule has 2 heterocycles. The Morgan fingerprint density at radius 3 is 2.55 bits per heavy atom. The molecule has 0 unspecified atom stereocenters. The molecule has 11 heavy (non-hydrogen) atoms.